The molecule has 0 amide bonds. The third kappa shape index (κ3) is 1.52. The van der Waals surface area contributed by atoms with Crippen LogP contribution in [0.4, 0.5) is 11.4 Å². The molecule has 0 fully saturated rings. The van der Waals surface area contributed by atoms with Crippen molar-refractivity contribution in [2.75, 3.05) is 11.9 Å². The highest BCUT2D eigenvalue weighted by atomic mass is 16.6. The molecular weight excluding hydrogens is 216 g/mol. The van der Waals surface area contributed by atoms with Gasteiger partial charge < -0.3 is 5.32 Å². The van der Waals surface area contributed by atoms with Crippen molar-refractivity contribution >= 4 is 11.4 Å². The number of aryl methyl sites for hydroxylation is 1. The number of non-ortho nitro benzene ring substituents is 1. The van der Waals surface area contributed by atoms with Crippen molar-refractivity contribution in [2.24, 2.45) is 5.92 Å². The summed E-state index contributed by atoms with van der Waals surface area (Å²) in [6.07, 6.45) is 5.44. The summed E-state index contributed by atoms with van der Waals surface area (Å²) in [4.78, 5) is 10.6. The lowest BCUT2D eigenvalue weighted by Crippen LogP contribution is -2.25. The van der Waals surface area contributed by atoms with Crippen LogP contribution in [-0.4, -0.2) is 11.5 Å². The van der Waals surface area contributed by atoms with Crippen molar-refractivity contribution in [3.8, 4) is 0 Å². The van der Waals surface area contributed by atoms with Crippen LogP contribution in [-0.2, 0) is 0 Å². The predicted octanol–water partition coefficient (Wildman–Crippen LogP) is 2.99. The zero-order valence-electron chi connectivity index (χ0n) is 9.64. The van der Waals surface area contributed by atoms with E-state index < -0.39 is 0 Å². The lowest BCUT2D eigenvalue weighted by Gasteiger charge is -2.30. The highest BCUT2D eigenvalue weighted by molar-refractivity contribution is 5.65. The van der Waals surface area contributed by atoms with E-state index in [2.05, 4.69) is 17.5 Å². The molecular formula is C13H14N2O2. The van der Waals surface area contributed by atoms with E-state index in [1.165, 1.54) is 0 Å². The summed E-state index contributed by atoms with van der Waals surface area (Å²) in [7, 11) is 0. The van der Waals surface area contributed by atoms with Crippen LogP contribution in [0.25, 0.3) is 0 Å². The molecule has 1 aromatic carbocycles. The average Bonchev–Trinajstić information content (AvgIpc) is 2.76. The number of nitrogens with zero attached hydrogens (tertiary/aromatic N) is 1. The van der Waals surface area contributed by atoms with Gasteiger partial charge in [0.25, 0.3) is 5.69 Å². The molecule has 2 aliphatic rings. The number of nitrogens with one attached hydrogen (secondary N) is 1. The molecule has 1 N–H and O–H groups in total. The number of rotatable bonds is 1. The molecule has 0 spiro atoms. The topological polar surface area (TPSA) is 55.2 Å². The number of nitro groups is 1. The predicted molar refractivity (Wildman–Crippen MR) is 66.3 cm³/mol. The monoisotopic (exact) mass is 230 g/mol. The van der Waals surface area contributed by atoms with E-state index in [1.54, 1.807) is 12.1 Å². The van der Waals surface area contributed by atoms with Gasteiger partial charge in [0, 0.05) is 30.3 Å². The molecule has 4 heteroatoms. The van der Waals surface area contributed by atoms with Gasteiger partial charge in [0.05, 0.1) is 4.92 Å². The number of nitro benzene ring substituents is 1. The first-order valence-electron chi connectivity index (χ1n) is 5.86. The summed E-state index contributed by atoms with van der Waals surface area (Å²) in [5.41, 5.74) is 3.34. The molecule has 2 atom stereocenters. The largest absolute Gasteiger partial charge is 0.384 e. The second kappa shape index (κ2) is 3.58. The number of hydrogen-bond acceptors (Lipinski definition) is 3. The van der Waals surface area contributed by atoms with Crippen LogP contribution >= 0.6 is 0 Å². The number of hydrogen-bond donors (Lipinski definition) is 1. The van der Waals surface area contributed by atoms with E-state index in [9.17, 15) is 10.1 Å². The minimum absolute atomic E-state index is 0.198. The Bertz CT molecular complexity index is 522. The van der Waals surface area contributed by atoms with Crippen LogP contribution in [0.15, 0.2) is 24.3 Å². The molecule has 1 aromatic rings. The summed E-state index contributed by atoms with van der Waals surface area (Å²) in [5.74, 6) is 0.911. The smallest absolute Gasteiger partial charge is 0.270 e. The molecule has 0 aromatic heterocycles. The zero-order valence-corrected chi connectivity index (χ0v) is 9.64. The molecule has 1 aliphatic heterocycles. The summed E-state index contributed by atoms with van der Waals surface area (Å²) in [6.45, 7) is 2.89. The van der Waals surface area contributed by atoms with Gasteiger partial charge in [-0.05, 0) is 30.4 Å². The van der Waals surface area contributed by atoms with E-state index in [4.69, 9.17) is 0 Å². The first kappa shape index (κ1) is 10.3. The maximum atomic E-state index is 10.9. The van der Waals surface area contributed by atoms with Gasteiger partial charge in [0.2, 0.25) is 0 Å². The Balaban J connectivity index is 2.15. The van der Waals surface area contributed by atoms with Crippen molar-refractivity contribution in [1.29, 1.82) is 0 Å². The third-order valence-corrected chi connectivity index (χ3v) is 3.75. The third-order valence-electron chi connectivity index (χ3n) is 3.75. The van der Waals surface area contributed by atoms with Gasteiger partial charge in [-0.15, -0.1) is 0 Å². The first-order valence-corrected chi connectivity index (χ1v) is 5.86. The second-order valence-electron chi connectivity index (χ2n) is 4.81. The van der Waals surface area contributed by atoms with E-state index in [1.807, 2.05) is 6.92 Å². The van der Waals surface area contributed by atoms with Crippen LogP contribution < -0.4 is 5.32 Å². The minimum Gasteiger partial charge on any atom is -0.384 e. The Hall–Kier alpha value is -1.84. The van der Waals surface area contributed by atoms with Gasteiger partial charge in [-0.2, -0.15) is 0 Å². The van der Waals surface area contributed by atoms with Gasteiger partial charge in [-0.3, -0.25) is 10.1 Å². The molecule has 4 nitrogen and oxygen atoms in total. The quantitative estimate of drug-likeness (QED) is 0.458. The van der Waals surface area contributed by atoms with Crippen LogP contribution in [0.1, 0.15) is 23.5 Å². The van der Waals surface area contributed by atoms with E-state index >= 15 is 0 Å². The highest BCUT2D eigenvalue weighted by Crippen LogP contribution is 2.44. The molecule has 0 radical (unpaired) electrons. The van der Waals surface area contributed by atoms with Crippen LogP contribution in [0.5, 0.6) is 0 Å². The summed E-state index contributed by atoms with van der Waals surface area (Å²) < 4.78 is 0. The maximum absolute atomic E-state index is 10.9. The van der Waals surface area contributed by atoms with Crippen molar-refractivity contribution in [3.63, 3.8) is 0 Å². The summed E-state index contributed by atoms with van der Waals surface area (Å²) in [5, 5.41) is 14.3. The number of anilines is 1. The van der Waals surface area contributed by atoms with Gasteiger partial charge in [-0.25, -0.2) is 0 Å². The normalized spacial score (nSPS) is 25.0. The van der Waals surface area contributed by atoms with Gasteiger partial charge >= 0.3 is 0 Å². The molecule has 0 bridgehead atoms. The van der Waals surface area contributed by atoms with Gasteiger partial charge in [0.1, 0.15) is 0 Å². The van der Waals surface area contributed by atoms with Crippen molar-refractivity contribution in [3.05, 3.63) is 45.5 Å². The fourth-order valence-electron chi connectivity index (χ4n) is 2.91. The number of allylic oxidation sites excluding steroid dienone is 2. The average molecular weight is 230 g/mol. The van der Waals surface area contributed by atoms with Gasteiger partial charge in [-0.1, -0.05) is 12.2 Å². The SMILES string of the molecule is Cc1cc([N+](=O)[O-])cc2c1NC[C@H]1CC=C[C@H]21. The Morgan fingerprint density at radius 3 is 3.06 bits per heavy atom. The van der Waals surface area contributed by atoms with Crippen molar-refractivity contribution in [1.82, 2.24) is 0 Å². The Kier molecular flexibility index (Phi) is 2.18. The van der Waals surface area contributed by atoms with Crippen molar-refractivity contribution < 1.29 is 4.92 Å². The number of benzene rings is 1. The van der Waals surface area contributed by atoms with E-state index in [-0.39, 0.29) is 10.6 Å². The lowest BCUT2D eigenvalue weighted by molar-refractivity contribution is -0.385. The standard InChI is InChI=1S/C13H14N2O2/c1-8-5-10(15(16)17)6-12-11-4-2-3-9(11)7-14-13(8)12/h2,4-6,9,11,14H,3,7H2,1H3/t9-,11+/m1/s1. The highest BCUT2D eigenvalue weighted by Gasteiger charge is 2.32. The molecule has 17 heavy (non-hydrogen) atoms. The fraction of sp³-hybridized carbons (Fsp3) is 0.385. The zero-order chi connectivity index (χ0) is 12.0. The second-order valence-corrected chi connectivity index (χ2v) is 4.81. The lowest BCUT2D eigenvalue weighted by atomic mass is 9.83. The number of fused-ring (bicyclic) bond motifs is 3. The van der Waals surface area contributed by atoms with E-state index in [0.717, 1.165) is 29.8 Å². The Morgan fingerprint density at radius 1 is 1.47 bits per heavy atom. The van der Waals surface area contributed by atoms with Crippen molar-refractivity contribution in [2.45, 2.75) is 19.3 Å². The molecule has 3 rings (SSSR count). The summed E-state index contributed by atoms with van der Waals surface area (Å²) >= 11 is 0. The van der Waals surface area contributed by atoms with Crippen LogP contribution in [0.3, 0.4) is 0 Å². The molecule has 0 saturated heterocycles. The van der Waals surface area contributed by atoms with Gasteiger partial charge in [0.15, 0.2) is 0 Å². The Labute approximate surface area is 99.5 Å². The van der Waals surface area contributed by atoms with Crippen LogP contribution in [0, 0.1) is 23.0 Å². The molecule has 1 aliphatic carbocycles. The minimum atomic E-state index is -0.310. The Morgan fingerprint density at radius 2 is 2.29 bits per heavy atom. The molecule has 0 saturated carbocycles. The summed E-state index contributed by atoms with van der Waals surface area (Å²) in [6, 6.07) is 3.37. The maximum Gasteiger partial charge on any atom is 0.270 e. The van der Waals surface area contributed by atoms with Crippen LogP contribution in [0.2, 0.25) is 0 Å². The fourth-order valence-corrected chi connectivity index (χ4v) is 2.91. The molecule has 1 heterocycles. The van der Waals surface area contributed by atoms with E-state index in [0.29, 0.717) is 11.8 Å². The first-order chi connectivity index (χ1) is 8.16. The molecule has 88 valence electrons. The molecule has 0 unspecified atom stereocenters.